The van der Waals surface area contributed by atoms with E-state index in [4.69, 9.17) is 4.74 Å². The molecule has 0 aliphatic rings. The summed E-state index contributed by atoms with van der Waals surface area (Å²) in [7, 11) is 0. The molecule has 0 bridgehead atoms. The second-order valence-corrected chi connectivity index (χ2v) is 6.12. The molecule has 25 heavy (non-hydrogen) atoms. The van der Waals surface area contributed by atoms with Crippen molar-refractivity contribution >= 4 is 11.9 Å². The van der Waals surface area contributed by atoms with Crippen molar-refractivity contribution in [3.8, 4) is 0 Å². The van der Waals surface area contributed by atoms with Gasteiger partial charge >= 0.3 is 5.97 Å². The van der Waals surface area contributed by atoms with Crippen molar-refractivity contribution in [3.63, 3.8) is 0 Å². The van der Waals surface area contributed by atoms with Crippen molar-refractivity contribution in [2.45, 2.75) is 39.2 Å². The first-order chi connectivity index (χ1) is 12.0. The highest BCUT2D eigenvalue weighted by atomic mass is 16.5. The Kier molecular flexibility index (Phi) is 6.75. The van der Waals surface area contributed by atoms with Crippen LogP contribution in [0.3, 0.4) is 0 Å². The summed E-state index contributed by atoms with van der Waals surface area (Å²) >= 11 is 0. The van der Waals surface area contributed by atoms with Gasteiger partial charge in [0.05, 0.1) is 5.56 Å². The summed E-state index contributed by atoms with van der Waals surface area (Å²) in [6.45, 7) is 6.04. The van der Waals surface area contributed by atoms with Crippen LogP contribution in [0.4, 0.5) is 0 Å². The van der Waals surface area contributed by atoms with Gasteiger partial charge in [-0.2, -0.15) is 0 Å². The van der Waals surface area contributed by atoms with Crippen LogP contribution < -0.4 is 5.32 Å². The van der Waals surface area contributed by atoms with E-state index in [0.717, 1.165) is 12.0 Å². The first kappa shape index (κ1) is 18.7. The number of rotatable bonds is 7. The van der Waals surface area contributed by atoms with E-state index < -0.39 is 12.1 Å². The number of carbonyl (C=O) groups excluding carboxylic acids is 2. The molecule has 2 aromatic rings. The molecule has 0 aromatic heterocycles. The van der Waals surface area contributed by atoms with E-state index in [9.17, 15) is 9.59 Å². The van der Waals surface area contributed by atoms with E-state index in [1.807, 2.05) is 37.3 Å². The van der Waals surface area contributed by atoms with Crippen LogP contribution in [0.2, 0.25) is 0 Å². The minimum absolute atomic E-state index is 0.240. The molecule has 0 spiro atoms. The summed E-state index contributed by atoms with van der Waals surface area (Å²) in [5.41, 5.74) is 2.50. The highest BCUT2D eigenvalue weighted by molar-refractivity contribution is 5.93. The monoisotopic (exact) mass is 339 g/mol. The van der Waals surface area contributed by atoms with Crippen LogP contribution in [-0.2, 0) is 9.53 Å². The third-order valence-corrected chi connectivity index (χ3v) is 4.30. The SMILES string of the molecule is CC[C@H](CNC(=O)[C@@H](C)OC(=O)c1ccccc1C)c1ccccc1. The average molecular weight is 339 g/mol. The van der Waals surface area contributed by atoms with Gasteiger partial charge < -0.3 is 10.1 Å². The van der Waals surface area contributed by atoms with E-state index in [2.05, 4.69) is 24.4 Å². The zero-order valence-electron chi connectivity index (χ0n) is 15.0. The smallest absolute Gasteiger partial charge is 0.339 e. The van der Waals surface area contributed by atoms with Crippen LogP contribution in [-0.4, -0.2) is 24.5 Å². The fourth-order valence-corrected chi connectivity index (χ4v) is 2.67. The van der Waals surface area contributed by atoms with Gasteiger partial charge in [0.2, 0.25) is 0 Å². The van der Waals surface area contributed by atoms with E-state index in [1.54, 1.807) is 19.1 Å². The van der Waals surface area contributed by atoms with Crippen molar-refractivity contribution < 1.29 is 14.3 Å². The first-order valence-electron chi connectivity index (χ1n) is 8.62. The normalized spacial score (nSPS) is 12.9. The van der Waals surface area contributed by atoms with Gasteiger partial charge in [0, 0.05) is 12.5 Å². The van der Waals surface area contributed by atoms with Gasteiger partial charge in [0.25, 0.3) is 5.91 Å². The number of nitrogens with one attached hydrogen (secondary N) is 1. The van der Waals surface area contributed by atoms with Crippen molar-refractivity contribution in [1.29, 1.82) is 0 Å². The lowest BCUT2D eigenvalue weighted by Gasteiger charge is -2.19. The zero-order chi connectivity index (χ0) is 18.2. The minimum atomic E-state index is -0.833. The fourth-order valence-electron chi connectivity index (χ4n) is 2.67. The third kappa shape index (κ3) is 5.18. The molecule has 4 nitrogen and oxygen atoms in total. The molecule has 2 rings (SSSR count). The molecule has 4 heteroatoms. The molecular formula is C21H25NO3. The predicted octanol–water partition coefficient (Wildman–Crippen LogP) is 3.85. The summed E-state index contributed by atoms with van der Waals surface area (Å²) in [5.74, 6) is -0.517. The van der Waals surface area contributed by atoms with E-state index in [-0.39, 0.29) is 11.8 Å². The molecule has 0 saturated carbocycles. The number of ether oxygens (including phenoxy) is 1. The Morgan fingerprint density at radius 1 is 1.04 bits per heavy atom. The number of aryl methyl sites for hydroxylation is 1. The summed E-state index contributed by atoms with van der Waals surface area (Å²) in [6.07, 6.45) is 0.0853. The van der Waals surface area contributed by atoms with Gasteiger partial charge in [-0.3, -0.25) is 4.79 Å². The van der Waals surface area contributed by atoms with Gasteiger partial charge in [-0.05, 0) is 37.5 Å². The molecule has 0 radical (unpaired) electrons. The second-order valence-electron chi connectivity index (χ2n) is 6.12. The van der Waals surface area contributed by atoms with Gasteiger partial charge in [0.15, 0.2) is 6.10 Å². The fraction of sp³-hybridized carbons (Fsp3) is 0.333. The van der Waals surface area contributed by atoms with Gasteiger partial charge in [-0.25, -0.2) is 4.79 Å². The highest BCUT2D eigenvalue weighted by Gasteiger charge is 2.20. The molecule has 0 aliphatic heterocycles. The van der Waals surface area contributed by atoms with Crippen LogP contribution >= 0.6 is 0 Å². The Morgan fingerprint density at radius 2 is 1.68 bits per heavy atom. The van der Waals surface area contributed by atoms with Crippen molar-refractivity contribution in [2.24, 2.45) is 0 Å². The van der Waals surface area contributed by atoms with Crippen LogP contribution in [0.15, 0.2) is 54.6 Å². The lowest BCUT2D eigenvalue weighted by molar-refractivity contribution is -0.129. The maximum atomic E-state index is 12.3. The van der Waals surface area contributed by atoms with Crippen LogP contribution in [0.25, 0.3) is 0 Å². The van der Waals surface area contributed by atoms with E-state index >= 15 is 0 Å². The number of carbonyl (C=O) groups is 2. The molecule has 132 valence electrons. The Hall–Kier alpha value is -2.62. The quantitative estimate of drug-likeness (QED) is 0.780. The van der Waals surface area contributed by atoms with Crippen molar-refractivity contribution in [2.75, 3.05) is 6.54 Å². The van der Waals surface area contributed by atoms with Crippen LogP contribution in [0.1, 0.15) is 47.7 Å². The third-order valence-electron chi connectivity index (χ3n) is 4.30. The van der Waals surface area contributed by atoms with Crippen LogP contribution in [0.5, 0.6) is 0 Å². The average Bonchev–Trinajstić information content (AvgIpc) is 2.63. The molecular weight excluding hydrogens is 314 g/mol. The Labute approximate surface area is 149 Å². The Morgan fingerprint density at radius 3 is 2.32 bits per heavy atom. The van der Waals surface area contributed by atoms with Crippen molar-refractivity contribution in [3.05, 3.63) is 71.3 Å². The number of hydrogen-bond donors (Lipinski definition) is 1. The molecule has 0 aliphatic carbocycles. The number of esters is 1. The molecule has 0 saturated heterocycles. The summed E-state index contributed by atoms with van der Waals surface area (Å²) < 4.78 is 5.30. The van der Waals surface area contributed by atoms with Crippen molar-refractivity contribution in [1.82, 2.24) is 5.32 Å². The maximum absolute atomic E-state index is 12.3. The van der Waals surface area contributed by atoms with E-state index in [0.29, 0.717) is 12.1 Å². The molecule has 0 heterocycles. The lowest BCUT2D eigenvalue weighted by atomic mass is 9.96. The number of benzene rings is 2. The largest absolute Gasteiger partial charge is 0.449 e. The number of hydrogen-bond acceptors (Lipinski definition) is 3. The first-order valence-corrected chi connectivity index (χ1v) is 8.62. The minimum Gasteiger partial charge on any atom is -0.449 e. The van der Waals surface area contributed by atoms with E-state index in [1.165, 1.54) is 5.56 Å². The summed E-state index contributed by atoms with van der Waals surface area (Å²) in [4.78, 5) is 24.5. The molecule has 1 N–H and O–H groups in total. The number of amides is 1. The second kappa shape index (κ2) is 9.02. The van der Waals surface area contributed by atoms with Gasteiger partial charge in [-0.15, -0.1) is 0 Å². The Balaban J connectivity index is 1.90. The highest BCUT2D eigenvalue weighted by Crippen LogP contribution is 2.18. The Bertz CT molecular complexity index is 712. The topological polar surface area (TPSA) is 55.4 Å². The van der Waals surface area contributed by atoms with Crippen LogP contribution in [0, 0.1) is 6.92 Å². The zero-order valence-corrected chi connectivity index (χ0v) is 15.0. The van der Waals surface area contributed by atoms with Gasteiger partial charge in [-0.1, -0.05) is 55.5 Å². The molecule has 0 unspecified atom stereocenters. The predicted molar refractivity (Wildman–Crippen MR) is 98.5 cm³/mol. The summed E-state index contributed by atoms with van der Waals surface area (Å²) in [5, 5.41) is 2.89. The maximum Gasteiger partial charge on any atom is 0.339 e. The standard InChI is InChI=1S/C21H25NO3/c1-4-17(18-11-6-5-7-12-18)14-22-20(23)16(3)25-21(24)19-13-9-8-10-15(19)2/h5-13,16-17H,4,14H2,1-3H3,(H,22,23)/t16-,17-/m1/s1. The van der Waals surface area contributed by atoms with Gasteiger partial charge in [0.1, 0.15) is 0 Å². The summed E-state index contributed by atoms with van der Waals surface area (Å²) in [6, 6.07) is 17.2. The lowest BCUT2D eigenvalue weighted by Crippen LogP contribution is -2.38. The molecule has 2 atom stereocenters. The molecule has 1 amide bonds. The molecule has 2 aromatic carbocycles. The molecule has 0 fully saturated rings.